The lowest BCUT2D eigenvalue weighted by atomic mass is 9.76. The topological polar surface area (TPSA) is 67.4 Å². The number of benzene rings is 6. The maximum Gasteiger partial charge on any atom is 0.328 e. The van der Waals surface area contributed by atoms with Crippen molar-refractivity contribution in [1.82, 2.24) is 10.6 Å². The quantitative estimate of drug-likeness (QED) is 0.0827. The Morgan fingerprint density at radius 2 is 0.885 bits per heavy atom. The summed E-state index contributed by atoms with van der Waals surface area (Å²) in [4.78, 5) is 27.6. The third-order valence-electron chi connectivity index (χ3n) is 9.33. The van der Waals surface area contributed by atoms with Crippen molar-refractivity contribution >= 4 is 23.6 Å². The lowest BCUT2D eigenvalue weighted by molar-refractivity contribution is -0.147. The van der Waals surface area contributed by atoms with Crippen molar-refractivity contribution in [3.8, 4) is 0 Å². The molecule has 5 nitrogen and oxygen atoms in total. The Bertz CT molecular complexity index is 1800. The summed E-state index contributed by atoms with van der Waals surface area (Å²) < 4.78 is 4.63. The van der Waals surface area contributed by atoms with Gasteiger partial charge >= 0.3 is 5.97 Å². The highest BCUT2D eigenvalue weighted by Gasteiger charge is 2.43. The highest BCUT2D eigenvalue weighted by atomic mass is 32.2. The zero-order valence-electron chi connectivity index (χ0n) is 29.5. The Morgan fingerprint density at radius 1 is 0.558 bits per heavy atom. The molecule has 0 fully saturated rings. The first-order valence-electron chi connectivity index (χ1n) is 17.7. The van der Waals surface area contributed by atoms with E-state index < -0.39 is 28.3 Å². The molecule has 6 aromatic rings. The number of carbonyl (C=O) groups excluding carboxylic acids is 2. The van der Waals surface area contributed by atoms with Crippen molar-refractivity contribution < 1.29 is 14.3 Å². The summed E-state index contributed by atoms with van der Waals surface area (Å²) in [7, 11) is 0. The molecule has 0 heterocycles. The van der Waals surface area contributed by atoms with Gasteiger partial charge in [-0.3, -0.25) is 10.1 Å². The molecule has 0 spiro atoms. The monoisotopic (exact) mass is 704 g/mol. The summed E-state index contributed by atoms with van der Waals surface area (Å²) in [6, 6.07) is 60.4. The fraction of sp³-hybridized carbons (Fsp3) is 0.174. The van der Waals surface area contributed by atoms with Crippen molar-refractivity contribution in [3.63, 3.8) is 0 Å². The molecule has 2 N–H and O–H groups in total. The van der Waals surface area contributed by atoms with Gasteiger partial charge in [-0.25, -0.2) is 4.79 Å². The maximum absolute atomic E-state index is 14.8. The van der Waals surface area contributed by atoms with Crippen LogP contribution in [0.25, 0.3) is 0 Å². The van der Waals surface area contributed by atoms with Gasteiger partial charge in [0.2, 0.25) is 5.91 Å². The zero-order chi connectivity index (χ0) is 36.2. The molecule has 1 amide bonds. The minimum atomic E-state index is -0.936. The number of rotatable bonds is 15. The van der Waals surface area contributed by atoms with Gasteiger partial charge in [-0.15, -0.1) is 11.8 Å². The van der Waals surface area contributed by atoms with Crippen LogP contribution in [0.5, 0.6) is 0 Å². The number of carbonyl (C=O) groups is 2. The zero-order valence-corrected chi connectivity index (χ0v) is 30.3. The van der Waals surface area contributed by atoms with Crippen molar-refractivity contribution in [1.29, 1.82) is 0 Å². The van der Waals surface area contributed by atoms with Gasteiger partial charge in [0.25, 0.3) is 0 Å². The largest absolute Gasteiger partial charge is 0.464 e. The first-order chi connectivity index (χ1) is 25.5. The number of nitrogens with one attached hydrogen (secondary N) is 2. The second-order valence-corrected chi connectivity index (χ2v) is 13.9. The average Bonchev–Trinajstić information content (AvgIpc) is 3.21. The standard InChI is InChI=1S/C46H44N2O3S/c1-3-51-44(50)35(2)47-43(49)42(48-45(36-22-10-4-11-23-36,37-24-12-5-13-25-37)38-26-14-6-15-27-38)34-52-46(39-28-16-7-17-29-39,40-30-18-8-19-31-40)41-32-20-9-21-33-41/h4-33,35,42,48H,3,34H2,1-2H3,(H,47,49)/t35-,42+/m0/s1. The first kappa shape index (κ1) is 36.4. The molecule has 6 rings (SSSR count). The molecule has 0 aromatic heterocycles. The highest BCUT2D eigenvalue weighted by molar-refractivity contribution is 8.00. The molecule has 6 aromatic carbocycles. The fourth-order valence-corrected chi connectivity index (χ4v) is 8.44. The van der Waals surface area contributed by atoms with E-state index in [9.17, 15) is 9.59 Å². The van der Waals surface area contributed by atoms with E-state index in [2.05, 4.69) is 120 Å². The van der Waals surface area contributed by atoms with Crippen LogP contribution in [-0.4, -0.2) is 36.3 Å². The van der Waals surface area contributed by atoms with Crippen LogP contribution in [0.3, 0.4) is 0 Å². The molecule has 0 bridgehead atoms. The van der Waals surface area contributed by atoms with Gasteiger partial charge in [-0.1, -0.05) is 182 Å². The van der Waals surface area contributed by atoms with Gasteiger partial charge in [0.1, 0.15) is 6.04 Å². The number of esters is 1. The molecule has 2 atom stereocenters. The number of ether oxygens (including phenoxy) is 1. The summed E-state index contributed by atoms with van der Waals surface area (Å²) in [5, 5.41) is 6.94. The van der Waals surface area contributed by atoms with Crippen LogP contribution in [0.4, 0.5) is 0 Å². The van der Waals surface area contributed by atoms with Gasteiger partial charge in [-0.2, -0.15) is 0 Å². The lowest BCUT2D eigenvalue weighted by Gasteiger charge is -2.41. The molecule has 0 radical (unpaired) electrons. The van der Waals surface area contributed by atoms with E-state index >= 15 is 0 Å². The number of amides is 1. The fourth-order valence-electron chi connectivity index (χ4n) is 6.88. The van der Waals surface area contributed by atoms with Crippen LogP contribution in [0.1, 0.15) is 47.2 Å². The number of thioether (sulfide) groups is 1. The van der Waals surface area contributed by atoms with Crippen LogP contribution in [0, 0.1) is 0 Å². The van der Waals surface area contributed by atoms with Crippen molar-refractivity contribution in [2.24, 2.45) is 0 Å². The summed E-state index contributed by atoms with van der Waals surface area (Å²) in [5.41, 5.74) is 5.29. The van der Waals surface area contributed by atoms with Crippen LogP contribution < -0.4 is 10.6 Å². The Kier molecular flexibility index (Phi) is 12.0. The molecule has 0 saturated heterocycles. The highest BCUT2D eigenvalue weighted by Crippen LogP contribution is 2.49. The van der Waals surface area contributed by atoms with Gasteiger partial charge in [0.15, 0.2) is 0 Å². The summed E-state index contributed by atoms with van der Waals surface area (Å²) in [6.07, 6.45) is 0. The lowest BCUT2D eigenvalue weighted by Crippen LogP contribution is -2.58. The van der Waals surface area contributed by atoms with E-state index in [1.54, 1.807) is 25.6 Å². The predicted molar refractivity (Wildman–Crippen MR) is 212 cm³/mol. The summed E-state index contributed by atoms with van der Waals surface area (Å²) in [5.74, 6) is -0.438. The minimum Gasteiger partial charge on any atom is -0.464 e. The van der Waals surface area contributed by atoms with E-state index in [1.165, 1.54) is 0 Å². The van der Waals surface area contributed by atoms with Gasteiger partial charge < -0.3 is 10.1 Å². The molecule has 6 heteroatoms. The maximum atomic E-state index is 14.8. The van der Waals surface area contributed by atoms with Crippen LogP contribution >= 0.6 is 11.8 Å². The van der Waals surface area contributed by atoms with E-state index in [0.29, 0.717) is 5.75 Å². The molecule has 0 saturated carbocycles. The Hall–Kier alpha value is -5.43. The summed E-state index contributed by atoms with van der Waals surface area (Å²) >= 11 is 1.70. The van der Waals surface area contributed by atoms with Crippen molar-refractivity contribution in [2.45, 2.75) is 36.2 Å². The Labute approximate surface area is 311 Å². The first-order valence-corrected chi connectivity index (χ1v) is 18.7. The second kappa shape index (κ2) is 17.2. The minimum absolute atomic E-state index is 0.226. The van der Waals surface area contributed by atoms with E-state index in [0.717, 1.165) is 33.4 Å². The van der Waals surface area contributed by atoms with Crippen molar-refractivity contribution in [2.75, 3.05) is 12.4 Å². The van der Waals surface area contributed by atoms with Crippen molar-refractivity contribution in [3.05, 3.63) is 215 Å². The molecular weight excluding hydrogens is 661 g/mol. The predicted octanol–water partition coefficient (Wildman–Crippen LogP) is 8.73. The van der Waals surface area contributed by atoms with E-state index in [1.807, 2.05) is 72.8 Å². The smallest absolute Gasteiger partial charge is 0.328 e. The molecule has 52 heavy (non-hydrogen) atoms. The normalized spacial score (nSPS) is 12.7. The molecule has 0 aliphatic heterocycles. The molecular formula is C46H44N2O3S. The van der Waals surface area contributed by atoms with Gasteiger partial charge in [-0.05, 0) is 47.2 Å². The third kappa shape index (κ3) is 7.74. The third-order valence-corrected chi connectivity index (χ3v) is 11.0. The Balaban J connectivity index is 1.53. The SMILES string of the molecule is CCOC(=O)[C@H](C)NC(=O)[C@@H](CSC(c1ccccc1)(c1ccccc1)c1ccccc1)NC(c1ccccc1)(c1ccccc1)c1ccccc1. The number of hydrogen-bond donors (Lipinski definition) is 2. The second-order valence-electron chi connectivity index (χ2n) is 12.6. The number of hydrogen-bond acceptors (Lipinski definition) is 5. The van der Waals surface area contributed by atoms with Crippen LogP contribution in [0.2, 0.25) is 0 Å². The molecule has 0 aliphatic carbocycles. The molecule has 0 aliphatic rings. The molecule has 262 valence electrons. The van der Waals surface area contributed by atoms with E-state index in [-0.39, 0.29) is 12.5 Å². The van der Waals surface area contributed by atoms with E-state index in [4.69, 9.17) is 4.74 Å². The molecule has 0 unspecified atom stereocenters. The van der Waals surface area contributed by atoms with Gasteiger partial charge in [0.05, 0.1) is 22.9 Å². The van der Waals surface area contributed by atoms with Gasteiger partial charge in [0, 0.05) is 5.75 Å². The summed E-state index contributed by atoms with van der Waals surface area (Å²) in [6.45, 7) is 3.66. The van der Waals surface area contributed by atoms with Crippen LogP contribution in [-0.2, 0) is 24.6 Å². The average molecular weight is 705 g/mol. The Morgan fingerprint density at radius 3 is 1.21 bits per heavy atom. The van der Waals surface area contributed by atoms with Crippen LogP contribution in [0.15, 0.2) is 182 Å².